The first-order chi connectivity index (χ1) is 19.6. The maximum absolute atomic E-state index is 14.0. The second-order valence-corrected chi connectivity index (χ2v) is 11.8. The molecule has 2 N–H and O–H groups in total. The third-order valence-corrected chi connectivity index (χ3v) is 8.74. The molecular formula is C26H28F4N8O3. The summed E-state index contributed by atoms with van der Waals surface area (Å²) in [5.74, 6) is -6.27. The van der Waals surface area contributed by atoms with Gasteiger partial charge >= 0.3 is 6.03 Å². The Hall–Kier alpha value is -3.78. The van der Waals surface area contributed by atoms with Crippen molar-refractivity contribution in [2.45, 2.75) is 93.8 Å². The number of nitrogens with zero attached hydrogens (tertiary/aromatic N) is 6. The van der Waals surface area contributed by atoms with Crippen LogP contribution in [-0.4, -0.2) is 65.7 Å². The molecule has 7 rings (SSSR count). The van der Waals surface area contributed by atoms with Crippen LogP contribution in [0.5, 0.6) is 0 Å². The van der Waals surface area contributed by atoms with Gasteiger partial charge in [0.25, 0.3) is 11.8 Å². The summed E-state index contributed by atoms with van der Waals surface area (Å²) in [5, 5.41) is 17.6. The number of amides is 3. The average molecular weight is 577 g/mol. The van der Waals surface area contributed by atoms with Gasteiger partial charge in [0.05, 0.1) is 36.2 Å². The highest BCUT2D eigenvalue weighted by Crippen LogP contribution is 2.43. The highest BCUT2D eigenvalue weighted by atomic mass is 19.3. The van der Waals surface area contributed by atoms with Crippen LogP contribution < -0.4 is 10.6 Å². The molecular weight excluding hydrogens is 548 g/mol. The Morgan fingerprint density at radius 3 is 2.66 bits per heavy atom. The monoisotopic (exact) mass is 576 g/mol. The lowest BCUT2D eigenvalue weighted by Crippen LogP contribution is -2.37. The average Bonchev–Trinajstić information content (AvgIpc) is 3.23. The molecule has 4 heterocycles. The number of carbonyl (C=O) groups is 2. The van der Waals surface area contributed by atoms with Crippen LogP contribution in [0.1, 0.15) is 90.8 Å². The predicted molar refractivity (Wildman–Crippen MR) is 132 cm³/mol. The number of hydrogen-bond acceptors (Lipinski definition) is 7. The molecule has 4 fully saturated rings. The molecule has 3 aromatic rings. The van der Waals surface area contributed by atoms with Crippen molar-refractivity contribution in [1.29, 1.82) is 0 Å². The van der Waals surface area contributed by atoms with Crippen LogP contribution in [0, 0.1) is 5.92 Å². The zero-order chi connectivity index (χ0) is 28.5. The lowest BCUT2D eigenvalue weighted by atomic mass is 9.81. The summed E-state index contributed by atoms with van der Waals surface area (Å²) in [6, 6.07) is -0.604. The fourth-order valence-corrected chi connectivity index (χ4v) is 6.43. The molecule has 11 nitrogen and oxygen atoms in total. The quantitative estimate of drug-likeness (QED) is 0.407. The Bertz CT molecular complexity index is 1490. The molecule has 1 saturated heterocycles. The van der Waals surface area contributed by atoms with Crippen LogP contribution >= 0.6 is 0 Å². The number of halogens is 4. The number of imidazole rings is 1. The largest absolute Gasteiger partial charge is 0.342 e. The first-order valence-electron chi connectivity index (χ1n) is 13.9. The maximum atomic E-state index is 14.0. The van der Waals surface area contributed by atoms with Gasteiger partial charge in [-0.25, -0.2) is 36.5 Å². The third kappa shape index (κ3) is 4.99. The maximum Gasteiger partial charge on any atom is 0.318 e. The van der Waals surface area contributed by atoms with E-state index in [-0.39, 0.29) is 56.2 Å². The molecule has 218 valence electrons. The van der Waals surface area contributed by atoms with E-state index in [1.165, 1.54) is 15.6 Å². The summed E-state index contributed by atoms with van der Waals surface area (Å²) in [4.78, 5) is 31.8. The highest BCUT2D eigenvalue weighted by molar-refractivity contribution is 5.93. The Balaban J connectivity index is 1.15. The molecule has 1 aliphatic heterocycles. The summed E-state index contributed by atoms with van der Waals surface area (Å²) < 4.78 is 62.2. The molecule has 0 spiro atoms. The van der Waals surface area contributed by atoms with Gasteiger partial charge in [-0.05, 0) is 48.4 Å². The van der Waals surface area contributed by atoms with Gasteiger partial charge in [0.2, 0.25) is 5.92 Å². The number of urea groups is 1. The summed E-state index contributed by atoms with van der Waals surface area (Å²) in [5.41, 5.74) is 2.03. The fraction of sp³-hybridized carbons (Fsp3) is 0.615. The Morgan fingerprint density at radius 2 is 1.90 bits per heavy atom. The molecule has 0 bridgehead atoms. The molecule has 3 atom stereocenters. The molecule has 0 unspecified atom stereocenters. The number of aromatic nitrogens is 5. The van der Waals surface area contributed by atoms with E-state index in [4.69, 9.17) is 4.63 Å². The summed E-state index contributed by atoms with van der Waals surface area (Å²) in [6.07, 6.45) is 3.95. The zero-order valence-corrected chi connectivity index (χ0v) is 21.9. The Kier molecular flexibility index (Phi) is 5.98. The van der Waals surface area contributed by atoms with E-state index >= 15 is 0 Å². The molecule has 3 amide bonds. The van der Waals surface area contributed by atoms with Crippen LogP contribution in [0.15, 0.2) is 23.1 Å². The van der Waals surface area contributed by atoms with Crippen molar-refractivity contribution in [3.63, 3.8) is 0 Å². The number of carbonyl (C=O) groups excluding carboxylic acids is 2. The summed E-state index contributed by atoms with van der Waals surface area (Å²) >= 11 is 0. The molecule has 3 saturated carbocycles. The van der Waals surface area contributed by atoms with Gasteiger partial charge in [-0.1, -0.05) is 5.16 Å². The second-order valence-electron chi connectivity index (χ2n) is 11.8. The lowest BCUT2D eigenvalue weighted by Gasteiger charge is -2.33. The van der Waals surface area contributed by atoms with Crippen molar-refractivity contribution in [2.75, 3.05) is 0 Å². The normalized spacial score (nSPS) is 26.2. The predicted octanol–water partition coefficient (Wildman–Crippen LogP) is 3.98. The van der Waals surface area contributed by atoms with Gasteiger partial charge in [0, 0.05) is 38.1 Å². The van der Waals surface area contributed by atoms with Crippen LogP contribution in [0.2, 0.25) is 0 Å². The first-order valence-corrected chi connectivity index (χ1v) is 13.9. The molecule has 3 aliphatic carbocycles. The second kappa shape index (κ2) is 9.38. The van der Waals surface area contributed by atoms with Gasteiger partial charge in [0.1, 0.15) is 5.69 Å². The van der Waals surface area contributed by atoms with E-state index in [9.17, 15) is 27.2 Å². The number of fused-ring (bicyclic) bond motifs is 2. The number of alkyl halides is 4. The van der Waals surface area contributed by atoms with Gasteiger partial charge in [-0.2, -0.15) is 5.10 Å². The van der Waals surface area contributed by atoms with Crippen molar-refractivity contribution in [2.24, 2.45) is 5.92 Å². The van der Waals surface area contributed by atoms with Crippen LogP contribution in [-0.2, 0) is 6.54 Å². The Labute approximate surface area is 231 Å². The van der Waals surface area contributed by atoms with Gasteiger partial charge in [0.15, 0.2) is 11.3 Å². The molecule has 0 aromatic carbocycles. The minimum Gasteiger partial charge on any atom is -0.342 e. The van der Waals surface area contributed by atoms with E-state index in [0.29, 0.717) is 22.6 Å². The SMILES string of the molecule is O=C(N[C@H](c1cn2ncc(CN3C(=O)N[C@H]4CC(F)(F)C[C@H]43)cc2n1)C1CCC(F)(F)CC1)c1nonc1C1CC1. The van der Waals surface area contributed by atoms with Crippen LogP contribution in [0.25, 0.3) is 5.65 Å². The Morgan fingerprint density at radius 1 is 1.12 bits per heavy atom. The molecule has 15 heteroatoms. The van der Waals surface area contributed by atoms with E-state index in [2.05, 4.69) is 31.0 Å². The highest BCUT2D eigenvalue weighted by Gasteiger charge is 2.54. The third-order valence-electron chi connectivity index (χ3n) is 8.74. The minimum atomic E-state index is -2.83. The smallest absolute Gasteiger partial charge is 0.318 e. The number of rotatable bonds is 7. The zero-order valence-electron chi connectivity index (χ0n) is 21.9. The molecule has 3 aromatic heterocycles. The van der Waals surface area contributed by atoms with Crippen molar-refractivity contribution in [3.8, 4) is 0 Å². The minimum absolute atomic E-state index is 0.0791. The standard InChI is InChI=1S/C26H28F4N8O3/c27-25(28)5-3-15(4-6-25)20(34-23(39)22-21(14-1-2-14)35-41-36-22)17-12-38-19(32-17)7-13(10-31-38)11-37-18-9-26(29,30)8-16(18)33-24(37)40/h7,10,12,14-16,18,20H,1-6,8-9,11H2,(H,33,40)(H,34,39)/t16-,18+,20-/m0/s1. The topological polar surface area (TPSA) is 131 Å². The van der Waals surface area contributed by atoms with Crippen molar-refractivity contribution in [3.05, 3.63) is 41.1 Å². The van der Waals surface area contributed by atoms with Crippen molar-refractivity contribution < 1.29 is 31.8 Å². The van der Waals surface area contributed by atoms with E-state index < -0.39 is 48.3 Å². The van der Waals surface area contributed by atoms with Crippen LogP contribution in [0.4, 0.5) is 22.4 Å². The fourth-order valence-electron chi connectivity index (χ4n) is 6.43. The molecule has 4 aliphatic rings. The van der Waals surface area contributed by atoms with Gasteiger partial charge < -0.3 is 15.5 Å². The summed E-state index contributed by atoms with van der Waals surface area (Å²) in [6.45, 7) is 0.0791. The van der Waals surface area contributed by atoms with Crippen molar-refractivity contribution >= 4 is 17.6 Å². The van der Waals surface area contributed by atoms with E-state index in [1.54, 1.807) is 12.3 Å². The van der Waals surface area contributed by atoms with Crippen LogP contribution in [0.3, 0.4) is 0 Å². The first kappa shape index (κ1) is 26.1. The lowest BCUT2D eigenvalue weighted by molar-refractivity contribution is -0.0495. The molecule has 41 heavy (non-hydrogen) atoms. The van der Waals surface area contributed by atoms with E-state index in [1.807, 2.05) is 0 Å². The molecule has 0 radical (unpaired) electrons. The van der Waals surface area contributed by atoms with Gasteiger partial charge in [-0.3, -0.25) is 4.79 Å². The van der Waals surface area contributed by atoms with E-state index in [0.717, 1.165) is 12.8 Å². The van der Waals surface area contributed by atoms with Gasteiger partial charge in [-0.15, -0.1) is 0 Å². The van der Waals surface area contributed by atoms with Crippen molar-refractivity contribution in [1.82, 2.24) is 40.4 Å². The number of nitrogens with one attached hydrogen (secondary N) is 2. The number of hydrogen-bond donors (Lipinski definition) is 2. The summed E-state index contributed by atoms with van der Waals surface area (Å²) in [7, 11) is 0.